The van der Waals surface area contributed by atoms with Gasteiger partial charge >= 0.3 is 0 Å². The smallest absolute Gasteiger partial charge is 0.0722 e. The molecule has 0 amide bonds. The summed E-state index contributed by atoms with van der Waals surface area (Å²) in [6.45, 7) is 9.77. The molecule has 1 fully saturated rings. The van der Waals surface area contributed by atoms with E-state index in [1.54, 1.807) is 0 Å². The van der Waals surface area contributed by atoms with Crippen molar-refractivity contribution in [2.24, 2.45) is 0 Å². The molecule has 1 aromatic heterocycles. The van der Waals surface area contributed by atoms with Crippen molar-refractivity contribution >= 4 is 16.6 Å². The molecule has 3 aromatic rings. The molecule has 2 aromatic carbocycles. The predicted molar refractivity (Wildman–Crippen MR) is 103 cm³/mol. The fourth-order valence-corrected chi connectivity index (χ4v) is 2.92. The monoisotopic (exact) mass is 406 g/mol. The van der Waals surface area contributed by atoms with E-state index in [9.17, 15) is 0 Å². The minimum atomic E-state index is 0. The zero-order valence-electron chi connectivity index (χ0n) is 14.7. The van der Waals surface area contributed by atoms with E-state index in [1.807, 2.05) is 24.4 Å². The number of aryl methyl sites for hydroxylation is 1. The van der Waals surface area contributed by atoms with Crippen molar-refractivity contribution in [1.82, 2.24) is 4.98 Å². The van der Waals surface area contributed by atoms with E-state index in [2.05, 4.69) is 65.4 Å². The van der Waals surface area contributed by atoms with Crippen molar-refractivity contribution in [2.75, 3.05) is 31.1 Å². The van der Waals surface area contributed by atoms with Crippen LogP contribution in [0.15, 0.2) is 60.8 Å². The number of pyridine rings is 1. The molecule has 0 N–H and O–H groups in total. The van der Waals surface area contributed by atoms with Gasteiger partial charge in [-0.1, -0.05) is 19.1 Å². The van der Waals surface area contributed by atoms with Gasteiger partial charge in [-0.15, -0.1) is 24.7 Å². The second-order valence-electron chi connectivity index (χ2n) is 5.99. The molecule has 1 aliphatic heterocycles. The van der Waals surface area contributed by atoms with Crippen LogP contribution >= 0.6 is 0 Å². The number of benzene rings is 2. The standard InChI is InChI=1S/C13H14N3.C8H9.Y/c1-4-12-11(3-2-6-15-12)13(5-1)16-9-7-14-8-10-16;1-7-4-3-5-8(2)6-7;/h1-6H,7-10H2;3-6H,1H2,2H3;/q2*-1;. The maximum absolute atomic E-state index is 4.39. The van der Waals surface area contributed by atoms with Crippen molar-refractivity contribution in [2.45, 2.75) is 6.92 Å². The van der Waals surface area contributed by atoms with Crippen LogP contribution < -0.4 is 4.90 Å². The van der Waals surface area contributed by atoms with Crippen molar-refractivity contribution in [3.05, 3.63) is 84.2 Å². The minimum Gasteiger partial charge on any atom is -0.659 e. The molecule has 0 bridgehead atoms. The number of rotatable bonds is 1. The Morgan fingerprint density at radius 1 is 1.00 bits per heavy atom. The zero-order chi connectivity index (χ0) is 16.8. The first-order chi connectivity index (χ1) is 11.7. The average molecular weight is 406 g/mol. The third-order valence-electron chi connectivity index (χ3n) is 4.10. The number of nitrogens with zero attached hydrogens (tertiary/aromatic N) is 3. The summed E-state index contributed by atoms with van der Waals surface area (Å²) in [5.74, 6) is 0. The quantitative estimate of drug-likeness (QED) is 0.553. The van der Waals surface area contributed by atoms with Gasteiger partial charge in [0.2, 0.25) is 0 Å². The Labute approximate surface area is 175 Å². The van der Waals surface area contributed by atoms with Gasteiger partial charge in [0.15, 0.2) is 0 Å². The molecule has 25 heavy (non-hydrogen) atoms. The van der Waals surface area contributed by atoms with Crippen LogP contribution in [0.1, 0.15) is 11.1 Å². The van der Waals surface area contributed by atoms with Crippen LogP contribution in [-0.2, 0) is 32.7 Å². The minimum absolute atomic E-state index is 0. The van der Waals surface area contributed by atoms with E-state index in [0.717, 1.165) is 37.3 Å². The van der Waals surface area contributed by atoms with Gasteiger partial charge in [-0.25, -0.2) is 0 Å². The summed E-state index contributed by atoms with van der Waals surface area (Å²) in [4.78, 5) is 6.79. The van der Waals surface area contributed by atoms with Gasteiger partial charge < -0.3 is 10.2 Å². The number of fused-ring (bicyclic) bond motifs is 1. The predicted octanol–water partition coefficient (Wildman–Crippen LogP) is 4.60. The normalized spacial score (nSPS) is 13.6. The number of anilines is 1. The first kappa shape index (κ1) is 19.9. The summed E-state index contributed by atoms with van der Waals surface area (Å²) < 4.78 is 0. The Balaban J connectivity index is 0.000000214. The average Bonchev–Trinajstić information content (AvgIpc) is 2.62. The van der Waals surface area contributed by atoms with Crippen LogP contribution in [0.5, 0.6) is 0 Å². The molecule has 0 spiro atoms. The van der Waals surface area contributed by atoms with Crippen molar-refractivity contribution in [3.63, 3.8) is 0 Å². The third-order valence-corrected chi connectivity index (χ3v) is 4.10. The number of hydrogen-bond donors (Lipinski definition) is 0. The maximum Gasteiger partial charge on any atom is 0.0722 e. The van der Waals surface area contributed by atoms with E-state index in [-0.39, 0.29) is 32.7 Å². The molecule has 127 valence electrons. The molecule has 1 radical (unpaired) electrons. The van der Waals surface area contributed by atoms with Crippen molar-refractivity contribution in [1.29, 1.82) is 0 Å². The molecular formula is C21H23N3Y-2. The molecular weight excluding hydrogens is 383 g/mol. The summed E-state index contributed by atoms with van der Waals surface area (Å²) in [5.41, 5.74) is 4.73. The van der Waals surface area contributed by atoms with E-state index >= 15 is 0 Å². The Morgan fingerprint density at radius 3 is 2.44 bits per heavy atom. The van der Waals surface area contributed by atoms with Crippen LogP contribution in [-0.4, -0.2) is 31.2 Å². The molecule has 0 unspecified atom stereocenters. The van der Waals surface area contributed by atoms with Gasteiger partial charge in [0, 0.05) is 50.0 Å². The summed E-state index contributed by atoms with van der Waals surface area (Å²) in [6.07, 6.45) is 1.84. The number of aromatic nitrogens is 1. The van der Waals surface area contributed by atoms with Gasteiger partial charge in [-0.3, -0.25) is 4.98 Å². The Morgan fingerprint density at radius 2 is 1.76 bits per heavy atom. The first-order valence-corrected chi connectivity index (χ1v) is 8.34. The Hall–Kier alpha value is -1.42. The summed E-state index contributed by atoms with van der Waals surface area (Å²) in [7, 11) is 0. The molecule has 1 saturated heterocycles. The van der Waals surface area contributed by atoms with Gasteiger partial charge in [0.25, 0.3) is 0 Å². The molecule has 0 aliphatic carbocycles. The Bertz CT molecular complexity index is 775. The van der Waals surface area contributed by atoms with Crippen LogP contribution in [0.3, 0.4) is 0 Å². The molecule has 1 aliphatic rings. The molecule has 0 atom stereocenters. The maximum atomic E-state index is 4.39. The first-order valence-electron chi connectivity index (χ1n) is 8.34. The molecule has 0 saturated carbocycles. The SMILES string of the molecule is [CH2-]c1cccc(C)c1.[Y].c1cc(N2CC[N-]CC2)c2cccnc2c1. The molecule has 4 rings (SSSR count). The van der Waals surface area contributed by atoms with Gasteiger partial charge in [0.1, 0.15) is 0 Å². The number of hydrogen-bond acceptors (Lipinski definition) is 2. The van der Waals surface area contributed by atoms with E-state index in [4.69, 9.17) is 0 Å². The topological polar surface area (TPSA) is 30.2 Å². The van der Waals surface area contributed by atoms with E-state index < -0.39 is 0 Å². The van der Waals surface area contributed by atoms with Gasteiger partial charge in [-0.2, -0.15) is 24.6 Å². The van der Waals surface area contributed by atoms with E-state index in [1.165, 1.54) is 16.6 Å². The molecule has 3 nitrogen and oxygen atoms in total. The summed E-state index contributed by atoms with van der Waals surface area (Å²) in [5, 5.41) is 5.62. The Kier molecular flexibility index (Phi) is 7.89. The molecule has 4 heteroatoms. The van der Waals surface area contributed by atoms with Crippen LogP contribution in [0.4, 0.5) is 5.69 Å². The molecule has 2 heterocycles. The summed E-state index contributed by atoms with van der Waals surface area (Å²) >= 11 is 0. The summed E-state index contributed by atoms with van der Waals surface area (Å²) in [6, 6.07) is 18.6. The van der Waals surface area contributed by atoms with Gasteiger partial charge in [-0.05, 0) is 37.4 Å². The second-order valence-corrected chi connectivity index (χ2v) is 5.99. The van der Waals surface area contributed by atoms with Crippen molar-refractivity contribution in [3.8, 4) is 0 Å². The van der Waals surface area contributed by atoms with Crippen LogP contribution in [0.2, 0.25) is 0 Å². The van der Waals surface area contributed by atoms with Gasteiger partial charge in [0.05, 0.1) is 5.52 Å². The van der Waals surface area contributed by atoms with Crippen molar-refractivity contribution < 1.29 is 32.7 Å². The van der Waals surface area contributed by atoms with Crippen LogP contribution in [0, 0.1) is 13.8 Å². The third kappa shape index (κ3) is 5.53. The fraction of sp³-hybridized carbons (Fsp3) is 0.238. The zero-order valence-corrected chi connectivity index (χ0v) is 17.6. The fourth-order valence-electron chi connectivity index (χ4n) is 2.92. The second kappa shape index (κ2) is 9.91. The van der Waals surface area contributed by atoms with Crippen LogP contribution in [0.25, 0.3) is 16.2 Å². The number of piperazine rings is 1. The largest absolute Gasteiger partial charge is 0.659 e. The van der Waals surface area contributed by atoms with E-state index in [0.29, 0.717) is 0 Å².